The zero-order valence-corrected chi connectivity index (χ0v) is 10.3. The normalized spacial score (nSPS) is 11.5. The van der Waals surface area contributed by atoms with E-state index in [0.29, 0.717) is 6.07 Å². The van der Waals surface area contributed by atoms with Crippen LogP contribution in [0.1, 0.15) is 5.69 Å². The molecule has 2 aromatic rings. The molecule has 21 heavy (non-hydrogen) atoms. The van der Waals surface area contributed by atoms with E-state index in [1.54, 1.807) is 0 Å². The zero-order valence-electron chi connectivity index (χ0n) is 10.3. The number of hydrogen-bond acceptors (Lipinski definition) is 2. The van der Waals surface area contributed by atoms with E-state index in [0.717, 1.165) is 29.1 Å². The van der Waals surface area contributed by atoms with E-state index in [2.05, 4.69) is 5.10 Å². The molecule has 1 heterocycles. The minimum absolute atomic E-state index is 0.607. The summed E-state index contributed by atoms with van der Waals surface area (Å²) in [5, 5.41) is 5.10. The molecule has 1 N–H and O–H groups in total. The van der Waals surface area contributed by atoms with Crippen molar-refractivity contribution in [3.05, 3.63) is 47.8 Å². The molecule has 1 aromatic heterocycles. The van der Waals surface area contributed by atoms with Crippen molar-refractivity contribution in [2.45, 2.75) is 12.7 Å². The van der Waals surface area contributed by atoms with Gasteiger partial charge in [-0.25, -0.2) is 8.78 Å². The van der Waals surface area contributed by atoms with E-state index in [1.165, 1.54) is 0 Å². The van der Waals surface area contributed by atoms with Crippen molar-refractivity contribution in [1.29, 1.82) is 0 Å². The van der Waals surface area contributed by atoms with E-state index < -0.39 is 41.6 Å². The Bertz CT molecular complexity index is 645. The fourth-order valence-corrected chi connectivity index (χ4v) is 1.54. The number of alkyl halides is 3. The van der Waals surface area contributed by atoms with Crippen LogP contribution in [0.25, 0.3) is 0 Å². The summed E-state index contributed by atoms with van der Waals surface area (Å²) < 4.78 is 64.2. The van der Waals surface area contributed by atoms with E-state index in [4.69, 9.17) is 0 Å². The number of para-hydroxylation sites is 1. The predicted octanol–water partition coefficient (Wildman–Crippen LogP) is 2.82. The molecule has 0 atom stereocenters. The molecule has 0 radical (unpaired) electrons. The van der Waals surface area contributed by atoms with Crippen molar-refractivity contribution >= 4 is 11.6 Å². The van der Waals surface area contributed by atoms with Gasteiger partial charge in [0.25, 0.3) is 0 Å². The van der Waals surface area contributed by atoms with Crippen LogP contribution in [0.2, 0.25) is 0 Å². The zero-order chi connectivity index (χ0) is 15.6. The topological polar surface area (TPSA) is 46.9 Å². The van der Waals surface area contributed by atoms with Crippen LogP contribution in [-0.4, -0.2) is 15.7 Å². The monoisotopic (exact) mass is 305 g/mol. The van der Waals surface area contributed by atoms with Crippen molar-refractivity contribution < 1.29 is 26.7 Å². The summed E-state index contributed by atoms with van der Waals surface area (Å²) in [5.74, 6) is -2.88. The van der Waals surface area contributed by atoms with Crippen LogP contribution in [0, 0.1) is 11.6 Å². The number of amides is 1. The molecule has 0 spiro atoms. The Hall–Kier alpha value is -2.45. The number of carbonyl (C=O) groups is 1. The van der Waals surface area contributed by atoms with Crippen LogP contribution in [-0.2, 0) is 17.5 Å². The fourth-order valence-electron chi connectivity index (χ4n) is 1.54. The maximum absolute atomic E-state index is 13.3. The summed E-state index contributed by atoms with van der Waals surface area (Å²) in [7, 11) is 0. The lowest BCUT2D eigenvalue weighted by Crippen LogP contribution is -2.21. The van der Waals surface area contributed by atoms with Gasteiger partial charge in [0.05, 0.1) is 0 Å². The molecule has 4 nitrogen and oxygen atoms in total. The van der Waals surface area contributed by atoms with Gasteiger partial charge in [-0.15, -0.1) is 0 Å². The van der Waals surface area contributed by atoms with Gasteiger partial charge in [0.15, 0.2) is 5.69 Å². The number of anilines is 1. The molecule has 0 aliphatic rings. The molecule has 0 aliphatic carbocycles. The standard InChI is InChI=1S/C12H8F5N3O/c13-7-2-1-3-8(14)11(7)18-10(21)6-20-5-4-9(19-20)12(15,16)17/h1-5H,6H2,(H,18,21). The Labute approximate surface area is 115 Å². The summed E-state index contributed by atoms with van der Waals surface area (Å²) in [5.41, 5.74) is -1.82. The average molecular weight is 305 g/mol. The first-order chi connectivity index (χ1) is 9.77. The quantitative estimate of drug-likeness (QED) is 0.886. The predicted molar refractivity (Wildman–Crippen MR) is 62.2 cm³/mol. The first kappa shape index (κ1) is 14.9. The Balaban J connectivity index is 2.07. The summed E-state index contributed by atoms with van der Waals surface area (Å²) in [4.78, 5) is 11.6. The summed E-state index contributed by atoms with van der Waals surface area (Å²) in [6, 6.07) is 3.68. The number of aromatic nitrogens is 2. The van der Waals surface area contributed by atoms with Crippen molar-refractivity contribution in [1.82, 2.24) is 9.78 Å². The second kappa shape index (κ2) is 5.51. The highest BCUT2D eigenvalue weighted by molar-refractivity contribution is 5.90. The number of halogens is 5. The molecule has 0 bridgehead atoms. The first-order valence-corrected chi connectivity index (χ1v) is 5.62. The second-order valence-electron chi connectivity index (χ2n) is 4.04. The molecule has 1 aromatic carbocycles. The van der Waals surface area contributed by atoms with Crippen LogP contribution in [0.4, 0.5) is 27.6 Å². The maximum Gasteiger partial charge on any atom is 0.435 e. The minimum atomic E-state index is -4.63. The van der Waals surface area contributed by atoms with Crippen LogP contribution >= 0.6 is 0 Å². The summed E-state index contributed by atoms with van der Waals surface area (Å²) in [6.45, 7) is -0.607. The summed E-state index contributed by atoms with van der Waals surface area (Å²) in [6.07, 6.45) is -3.68. The lowest BCUT2D eigenvalue weighted by atomic mass is 10.3. The maximum atomic E-state index is 13.3. The largest absolute Gasteiger partial charge is 0.435 e. The smallest absolute Gasteiger partial charge is 0.320 e. The van der Waals surface area contributed by atoms with Crippen LogP contribution in [0.5, 0.6) is 0 Å². The third-order valence-electron chi connectivity index (χ3n) is 2.46. The Morgan fingerprint density at radius 1 is 1.19 bits per heavy atom. The minimum Gasteiger partial charge on any atom is -0.320 e. The molecule has 112 valence electrons. The molecule has 0 saturated carbocycles. The number of benzene rings is 1. The van der Waals surface area contributed by atoms with Crippen molar-refractivity contribution in [2.75, 3.05) is 5.32 Å². The van der Waals surface area contributed by atoms with Gasteiger partial charge < -0.3 is 5.32 Å². The van der Waals surface area contributed by atoms with Gasteiger partial charge >= 0.3 is 6.18 Å². The number of hydrogen-bond donors (Lipinski definition) is 1. The highest BCUT2D eigenvalue weighted by Gasteiger charge is 2.33. The average Bonchev–Trinajstić information content (AvgIpc) is 2.82. The van der Waals surface area contributed by atoms with Gasteiger partial charge in [-0.05, 0) is 18.2 Å². The first-order valence-electron chi connectivity index (χ1n) is 5.62. The van der Waals surface area contributed by atoms with Gasteiger partial charge in [-0.3, -0.25) is 9.48 Å². The van der Waals surface area contributed by atoms with Crippen molar-refractivity contribution in [3.63, 3.8) is 0 Å². The number of nitrogens with zero attached hydrogens (tertiary/aromatic N) is 2. The lowest BCUT2D eigenvalue weighted by Gasteiger charge is -2.07. The Morgan fingerprint density at radius 3 is 2.33 bits per heavy atom. The van der Waals surface area contributed by atoms with Gasteiger partial charge in [0, 0.05) is 6.20 Å². The molecule has 2 rings (SSSR count). The van der Waals surface area contributed by atoms with Gasteiger partial charge in [-0.2, -0.15) is 18.3 Å². The summed E-state index contributed by atoms with van der Waals surface area (Å²) >= 11 is 0. The van der Waals surface area contributed by atoms with Gasteiger partial charge in [0.1, 0.15) is 23.9 Å². The molecular weight excluding hydrogens is 297 g/mol. The second-order valence-corrected chi connectivity index (χ2v) is 4.04. The number of nitrogens with one attached hydrogen (secondary N) is 1. The third-order valence-corrected chi connectivity index (χ3v) is 2.46. The molecule has 9 heteroatoms. The molecular formula is C12H8F5N3O. The van der Waals surface area contributed by atoms with E-state index >= 15 is 0 Å². The van der Waals surface area contributed by atoms with Crippen molar-refractivity contribution in [2.24, 2.45) is 0 Å². The highest BCUT2D eigenvalue weighted by Crippen LogP contribution is 2.27. The van der Waals surface area contributed by atoms with Crippen LogP contribution in [0.3, 0.4) is 0 Å². The molecule has 0 aliphatic heterocycles. The number of rotatable bonds is 3. The fraction of sp³-hybridized carbons (Fsp3) is 0.167. The van der Waals surface area contributed by atoms with E-state index in [9.17, 15) is 26.7 Å². The Kier molecular flexibility index (Phi) is 3.92. The lowest BCUT2D eigenvalue weighted by molar-refractivity contribution is -0.141. The highest BCUT2D eigenvalue weighted by atomic mass is 19.4. The van der Waals surface area contributed by atoms with Crippen LogP contribution < -0.4 is 5.32 Å². The van der Waals surface area contributed by atoms with Crippen molar-refractivity contribution in [3.8, 4) is 0 Å². The SMILES string of the molecule is O=C(Cn1ccc(C(F)(F)F)n1)Nc1c(F)cccc1F. The van der Waals surface area contributed by atoms with Gasteiger partial charge in [-0.1, -0.05) is 6.07 Å². The van der Waals surface area contributed by atoms with Gasteiger partial charge in [0.2, 0.25) is 5.91 Å². The third kappa shape index (κ3) is 3.56. The molecule has 0 unspecified atom stereocenters. The Morgan fingerprint density at radius 2 is 1.81 bits per heavy atom. The molecule has 1 amide bonds. The van der Waals surface area contributed by atoms with Crippen LogP contribution in [0.15, 0.2) is 30.5 Å². The van der Waals surface area contributed by atoms with E-state index in [-0.39, 0.29) is 0 Å². The number of carbonyl (C=O) groups excluding carboxylic acids is 1. The van der Waals surface area contributed by atoms with E-state index in [1.807, 2.05) is 5.32 Å². The molecule has 0 fully saturated rings. The molecule has 0 saturated heterocycles.